The van der Waals surface area contributed by atoms with Gasteiger partial charge in [0.1, 0.15) is 5.82 Å². The maximum atomic E-state index is 12.7. The molecule has 8 heteroatoms. The molecule has 0 aliphatic heterocycles. The van der Waals surface area contributed by atoms with Crippen LogP contribution in [0, 0.1) is 5.92 Å². The van der Waals surface area contributed by atoms with Gasteiger partial charge in [-0.15, -0.1) is 0 Å². The van der Waals surface area contributed by atoms with Gasteiger partial charge in [0.15, 0.2) is 5.69 Å². The quantitative estimate of drug-likeness (QED) is 0.583. The molecule has 1 saturated carbocycles. The van der Waals surface area contributed by atoms with Crippen molar-refractivity contribution in [1.82, 2.24) is 9.97 Å². The molecule has 0 bridgehead atoms. The molecule has 106 valence electrons. The third kappa shape index (κ3) is 3.25. The Kier molecular flexibility index (Phi) is 3.79. The summed E-state index contributed by atoms with van der Waals surface area (Å²) in [6.45, 7) is 2.07. The van der Waals surface area contributed by atoms with Crippen LogP contribution in [0.15, 0.2) is 6.07 Å². The van der Waals surface area contributed by atoms with E-state index in [0.29, 0.717) is 5.92 Å². The summed E-state index contributed by atoms with van der Waals surface area (Å²) in [4.78, 5) is 7.21. The molecular weight excluding hydrogens is 259 g/mol. The second-order valence-corrected chi connectivity index (χ2v) is 4.76. The molecule has 5 nitrogen and oxygen atoms in total. The van der Waals surface area contributed by atoms with Crippen LogP contribution in [0.1, 0.15) is 31.9 Å². The van der Waals surface area contributed by atoms with Crippen molar-refractivity contribution in [1.29, 1.82) is 0 Å². The third-order valence-electron chi connectivity index (χ3n) is 3.34. The van der Waals surface area contributed by atoms with E-state index in [4.69, 9.17) is 5.84 Å². The van der Waals surface area contributed by atoms with Crippen LogP contribution in [-0.2, 0) is 6.18 Å². The zero-order valence-electron chi connectivity index (χ0n) is 10.5. The van der Waals surface area contributed by atoms with Crippen molar-refractivity contribution in [2.75, 3.05) is 10.7 Å². The second-order valence-electron chi connectivity index (χ2n) is 4.76. The molecule has 0 saturated heterocycles. The fraction of sp³-hybridized carbons (Fsp3) is 0.636. The lowest BCUT2D eigenvalue weighted by atomic mass is 10.1. The van der Waals surface area contributed by atoms with Crippen molar-refractivity contribution in [2.24, 2.45) is 11.8 Å². The van der Waals surface area contributed by atoms with E-state index in [9.17, 15) is 13.2 Å². The Balaban J connectivity index is 2.24. The van der Waals surface area contributed by atoms with E-state index in [1.165, 1.54) is 0 Å². The minimum Gasteiger partial charge on any atom is -0.367 e. The van der Waals surface area contributed by atoms with Gasteiger partial charge in [-0.1, -0.05) is 13.3 Å². The first-order valence-corrected chi connectivity index (χ1v) is 6.09. The SMILES string of the molecule is CC1CCCC1Nc1cc(C(F)(F)F)nc(NN)n1. The van der Waals surface area contributed by atoms with Gasteiger partial charge in [0.2, 0.25) is 5.95 Å². The highest BCUT2D eigenvalue weighted by molar-refractivity contribution is 5.43. The molecule has 1 heterocycles. The molecule has 1 fully saturated rings. The van der Waals surface area contributed by atoms with Gasteiger partial charge in [0.05, 0.1) is 0 Å². The number of hydrogen-bond acceptors (Lipinski definition) is 5. The summed E-state index contributed by atoms with van der Waals surface area (Å²) >= 11 is 0. The summed E-state index contributed by atoms with van der Waals surface area (Å²) in [5.74, 6) is 5.41. The summed E-state index contributed by atoms with van der Waals surface area (Å²) in [6, 6.07) is 1.05. The fourth-order valence-corrected chi connectivity index (χ4v) is 2.28. The number of nitrogens with two attached hydrogens (primary N) is 1. The first-order chi connectivity index (χ1) is 8.90. The molecule has 1 aromatic heterocycles. The first kappa shape index (κ1) is 13.9. The number of anilines is 2. The smallest absolute Gasteiger partial charge is 0.367 e. The van der Waals surface area contributed by atoms with Crippen LogP contribution in [0.5, 0.6) is 0 Å². The summed E-state index contributed by atoms with van der Waals surface area (Å²) < 4.78 is 38.1. The third-order valence-corrected chi connectivity index (χ3v) is 3.34. The van der Waals surface area contributed by atoms with E-state index in [1.54, 1.807) is 0 Å². The predicted molar refractivity (Wildman–Crippen MR) is 65.3 cm³/mol. The molecule has 0 spiro atoms. The summed E-state index contributed by atoms with van der Waals surface area (Å²) in [5, 5.41) is 3.03. The lowest BCUT2D eigenvalue weighted by Gasteiger charge is -2.19. The molecule has 0 radical (unpaired) electrons. The number of nitrogen functional groups attached to an aromatic ring is 1. The minimum absolute atomic E-state index is 0.140. The van der Waals surface area contributed by atoms with Crippen LogP contribution >= 0.6 is 0 Å². The highest BCUT2D eigenvalue weighted by Crippen LogP contribution is 2.31. The van der Waals surface area contributed by atoms with Gasteiger partial charge in [0.25, 0.3) is 0 Å². The maximum Gasteiger partial charge on any atom is 0.433 e. The van der Waals surface area contributed by atoms with Crippen molar-refractivity contribution in [3.8, 4) is 0 Å². The van der Waals surface area contributed by atoms with E-state index in [2.05, 4.69) is 27.6 Å². The molecule has 2 rings (SSSR count). The van der Waals surface area contributed by atoms with Gasteiger partial charge in [-0.25, -0.2) is 10.8 Å². The second kappa shape index (κ2) is 5.20. The number of hydrazine groups is 1. The first-order valence-electron chi connectivity index (χ1n) is 6.09. The van der Waals surface area contributed by atoms with Crippen LogP contribution in [0.4, 0.5) is 24.9 Å². The number of hydrogen-bond donors (Lipinski definition) is 3. The Morgan fingerprint density at radius 2 is 2.05 bits per heavy atom. The summed E-state index contributed by atoms with van der Waals surface area (Å²) in [6.07, 6.45) is -1.46. The molecule has 1 aromatic rings. The fourth-order valence-electron chi connectivity index (χ4n) is 2.28. The number of nitrogens with zero attached hydrogens (tertiary/aromatic N) is 2. The van der Waals surface area contributed by atoms with Gasteiger partial charge in [-0.2, -0.15) is 18.2 Å². The van der Waals surface area contributed by atoms with E-state index in [0.717, 1.165) is 25.3 Å². The van der Waals surface area contributed by atoms with Gasteiger partial charge < -0.3 is 5.32 Å². The summed E-state index contributed by atoms with van der Waals surface area (Å²) in [7, 11) is 0. The van der Waals surface area contributed by atoms with E-state index >= 15 is 0 Å². The monoisotopic (exact) mass is 275 g/mol. The maximum absolute atomic E-state index is 12.7. The lowest BCUT2D eigenvalue weighted by molar-refractivity contribution is -0.141. The number of nitrogens with one attached hydrogen (secondary N) is 2. The molecule has 4 N–H and O–H groups in total. The molecule has 1 aliphatic carbocycles. The van der Waals surface area contributed by atoms with Gasteiger partial charge in [-0.3, -0.25) is 5.43 Å². The Labute approximate surface area is 108 Å². The molecule has 2 unspecified atom stereocenters. The zero-order chi connectivity index (χ0) is 14.0. The standard InChI is InChI=1S/C11H16F3N5/c1-6-3-2-4-7(6)16-9-5-8(11(12,13)14)17-10(18-9)19-15/h5-7H,2-4,15H2,1H3,(H2,16,17,18,19). The van der Waals surface area contributed by atoms with Crippen LogP contribution in [0.25, 0.3) is 0 Å². The van der Waals surface area contributed by atoms with Crippen molar-refractivity contribution >= 4 is 11.8 Å². The normalized spacial score (nSPS) is 23.4. The molecule has 1 aliphatic rings. The number of halogens is 3. The molecule has 2 atom stereocenters. The van der Waals surface area contributed by atoms with Crippen molar-refractivity contribution in [3.05, 3.63) is 11.8 Å². The van der Waals surface area contributed by atoms with Gasteiger partial charge >= 0.3 is 6.18 Å². The Morgan fingerprint density at radius 3 is 2.58 bits per heavy atom. The Bertz CT molecular complexity index is 448. The van der Waals surface area contributed by atoms with Crippen LogP contribution < -0.4 is 16.6 Å². The highest BCUT2D eigenvalue weighted by Gasteiger charge is 2.34. The molecule has 19 heavy (non-hydrogen) atoms. The summed E-state index contributed by atoms with van der Waals surface area (Å²) in [5.41, 5.74) is 1.04. The van der Waals surface area contributed by atoms with E-state index in [-0.39, 0.29) is 17.8 Å². The predicted octanol–water partition coefficient (Wildman–Crippen LogP) is 2.38. The van der Waals surface area contributed by atoms with Crippen molar-refractivity contribution < 1.29 is 13.2 Å². The zero-order valence-corrected chi connectivity index (χ0v) is 10.5. The van der Waals surface area contributed by atoms with E-state index < -0.39 is 11.9 Å². The Morgan fingerprint density at radius 1 is 1.32 bits per heavy atom. The lowest BCUT2D eigenvalue weighted by Crippen LogP contribution is -2.24. The molecule has 0 amide bonds. The van der Waals surface area contributed by atoms with Crippen LogP contribution in [0.2, 0.25) is 0 Å². The molecule has 0 aromatic carbocycles. The van der Waals surface area contributed by atoms with E-state index in [1.807, 2.05) is 0 Å². The number of alkyl halides is 3. The van der Waals surface area contributed by atoms with Crippen LogP contribution in [0.3, 0.4) is 0 Å². The average Bonchev–Trinajstić information content (AvgIpc) is 2.73. The largest absolute Gasteiger partial charge is 0.433 e. The highest BCUT2D eigenvalue weighted by atomic mass is 19.4. The number of rotatable bonds is 3. The van der Waals surface area contributed by atoms with Crippen LogP contribution in [-0.4, -0.2) is 16.0 Å². The topological polar surface area (TPSA) is 75.9 Å². The van der Waals surface area contributed by atoms with Crippen molar-refractivity contribution in [3.63, 3.8) is 0 Å². The van der Waals surface area contributed by atoms with Crippen molar-refractivity contribution in [2.45, 2.75) is 38.4 Å². The number of aromatic nitrogens is 2. The Hall–Kier alpha value is -1.57. The van der Waals surface area contributed by atoms with Gasteiger partial charge in [0, 0.05) is 12.1 Å². The minimum atomic E-state index is -4.52. The average molecular weight is 275 g/mol. The van der Waals surface area contributed by atoms with Gasteiger partial charge in [-0.05, 0) is 18.8 Å². The molecular formula is C11H16F3N5.